The van der Waals surface area contributed by atoms with Gasteiger partial charge in [-0.3, -0.25) is 0 Å². The first-order valence-electron chi connectivity index (χ1n) is 7.00. The minimum absolute atomic E-state index is 0.188. The zero-order valence-corrected chi connectivity index (χ0v) is 13.1. The Labute approximate surface area is 134 Å². The SMILES string of the molecule is O=C(O)c1ccc(OCCCNS(=O)(=O)c2ccccc2)cc1. The third-order valence-electron chi connectivity index (χ3n) is 3.04. The van der Waals surface area contributed by atoms with Crippen LogP contribution >= 0.6 is 0 Å². The Morgan fingerprint density at radius 3 is 2.30 bits per heavy atom. The summed E-state index contributed by atoms with van der Waals surface area (Å²) in [5, 5.41) is 8.79. The summed E-state index contributed by atoms with van der Waals surface area (Å²) >= 11 is 0. The number of sulfonamides is 1. The summed E-state index contributed by atoms with van der Waals surface area (Å²) in [6.45, 7) is 0.578. The van der Waals surface area contributed by atoms with Crippen LogP contribution < -0.4 is 9.46 Å². The molecule has 0 amide bonds. The summed E-state index contributed by atoms with van der Waals surface area (Å²) in [6, 6.07) is 14.2. The van der Waals surface area contributed by atoms with E-state index in [1.807, 2.05) is 0 Å². The van der Waals surface area contributed by atoms with Crippen LogP contribution in [-0.4, -0.2) is 32.6 Å². The maximum Gasteiger partial charge on any atom is 0.335 e. The Kier molecular flexibility index (Phi) is 5.72. The van der Waals surface area contributed by atoms with E-state index in [-0.39, 0.29) is 17.0 Å². The van der Waals surface area contributed by atoms with E-state index in [9.17, 15) is 13.2 Å². The smallest absolute Gasteiger partial charge is 0.335 e. The molecule has 7 heteroatoms. The number of carboxylic acid groups (broad SMARTS) is 1. The standard InChI is InChI=1S/C16H17NO5S/c18-16(19)13-7-9-14(10-8-13)22-12-4-11-17-23(20,21)15-5-2-1-3-6-15/h1-3,5-10,17H,4,11-12H2,(H,18,19). The molecule has 2 rings (SSSR count). The van der Waals surface area contributed by atoms with Crippen molar-refractivity contribution in [1.82, 2.24) is 4.72 Å². The van der Waals surface area contributed by atoms with Crippen LogP contribution in [0.15, 0.2) is 59.5 Å². The van der Waals surface area contributed by atoms with Crippen molar-refractivity contribution < 1.29 is 23.1 Å². The molecule has 0 bridgehead atoms. The Morgan fingerprint density at radius 2 is 1.70 bits per heavy atom. The van der Waals surface area contributed by atoms with Crippen LogP contribution in [0.1, 0.15) is 16.8 Å². The summed E-state index contributed by atoms with van der Waals surface area (Å²) in [6.07, 6.45) is 0.493. The average Bonchev–Trinajstić information content (AvgIpc) is 2.56. The predicted octanol–water partition coefficient (Wildman–Crippen LogP) is 2.13. The Hall–Kier alpha value is -2.38. The average molecular weight is 335 g/mol. The van der Waals surface area contributed by atoms with Crippen molar-refractivity contribution in [3.63, 3.8) is 0 Å². The molecule has 2 N–H and O–H groups in total. The van der Waals surface area contributed by atoms with Crippen molar-refractivity contribution in [2.75, 3.05) is 13.2 Å². The van der Waals surface area contributed by atoms with Gasteiger partial charge in [0.25, 0.3) is 0 Å². The molecule has 0 aromatic heterocycles. The number of ether oxygens (including phenoxy) is 1. The van der Waals surface area contributed by atoms with Gasteiger partial charge in [0.15, 0.2) is 0 Å². The number of rotatable bonds is 8. The summed E-state index contributed by atoms with van der Waals surface area (Å²) in [5.74, 6) is -0.451. The molecule has 2 aromatic rings. The molecule has 0 aliphatic rings. The highest BCUT2D eigenvalue weighted by molar-refractivity contribution is 7.89. The van der Waals surface area contributed by atoms with Gasteiger partial charge in [0.05, 0.1) is 17.1 Å². The Bertz CT molecular complexity index is 742. The molecule has 2 aromatic carbocycles. The lowest BCUT2D eigenvalue weighted by atomic mass is 10.2. The highest BCUT2D eigenvalue weighted by atomic mass is 32.2. The lowest BCUT2D eigenvalue weighted by molar-refractivity contribution is 0.0697. The number of carbonyl (C=O) groups is 1. The van der Waals surface area contributed by atoms with E-state index in [1.165, 1.54) is 24.3 Å². The fourth-order valence-corrected chi connectivity index (χ4v) is 2.94. The second kappa shape index (κ2) is 7.75. The van der Waals surface area contributed by atoms with E-state index < -0.39 is 16.0 Å². The first kappa shape index (κ1) is 17.0. The van der Waals surface area contributed by atoms with E-state index in [0.29, 0.717) is 18.8 Å². The zero-order valence-electron chi connectivity index (χ0n) is 12.3. The second-order valence-corrected chi connectivity index (χ2v) is 6.51. The van der Waals surface area contributed by atoms with Crippen molar-refractivity contribution >= 4 is 16.0 Å². The van der Waals surface area contributed by atoms with Crippen LogP contribution in [0.2, 0.25) is 0 Å². The van der Waals surface area contributed by atoms with Gasteiger partial charge in [0.2, 0.25) is 10.0 Å². The van der Waals surface area contributed by atoms with Gasteiger partial charge in [-0.1, -0.05) is 18.2 Å². The Balaban J connectivity index is 1.74. The first-order chi connectivity index (χ1) is 11.0. The molecule has 0 unspecified atom stereocenters. The normalized spacial score (nSPS) is 11.1. The van der Waals surface area contributed by atoms with Crippen molar-refractivity contribution in [1.29, 1.82) is 0 Å². The summed E-state index contributed by atoms with van der Waals surface area (Å²) in [4.78, 5) is 10.9. The lowest BCUT2D eigenvalue weighted by Gasteiger charge is -2.08. The van der Waals surface area contributed by atoms with E-state index in [2.05, 4.69) is 4.72 Å². The number of hydrogen-bond acceptors (Lipinski definition) is 4. The molecule has 0 spiro atoms. The molecule has 0 atom stereocenters. The Morgan fingerprint density at radius 1 is 1.04 bits per heavy atom. The van der Waals surface area contributed by atoms with Crippen molar-refractivity contribution in [3.05, 3.63) is 60.2 Å². The molecule has 0 aliphatic carbocycles. The molecular weight excluding hydrogens is 318 g/mol. The van der Waals surface area contributed by atoms with Gasteiger partial charge in [0.1, 0.15) is 5.75 Å². The highest BCUT2D eigenvalue weighted by Crippen LogP contribution is 2.12. The lowest BCUT2D eigenvalue weighted by Crippen LogP contribution is -2.25. The van der Waals surface area contributed by atoms with Gasteiger partial charge in [-0.2, -0.15) is 0 Å². The third kappa shape index (κ3) is 5.08. The molecule has 0 saturated heterocycles. The number of benzene rings is 2. The maximum atomic E-state index is 12.0. The minimum atomic E-state index is -3.49. The number of carboxylic acids is 1. The van der Waals surface area contributed by atoms with Crippen LogP contribution in [0.3, 0.4) is 0 Å². The molecule has 0 radical (unpaired) electrons. The van der Waals surface area contributed by atoms with E-state index >= 15 is 0 Å². The van der Waals surface area contributed by atoms with Crippen molar-refractivity contribution in [2.45, 2.75) is 11.3 Å². The van der Waals surface area contributed by atoms with Crippen LogP contribution in [0.4, 0.5) is 0 Å². The van der Waals surface area contributed by atoms with E-state index in [0.717, 1.165) is 0 Å². The predicted molar refractivity (Wildman–Crippen MR) is 85.1 cm³/mol. The topological polar surface area (TPSA) is 92.7 Å². The van der Waals surface area contributed by atoms with Gasteiger partial charge < -0.3 is 9.84 Å². The van der Waals surface area contributed by atoms with Crippen LogP contribution in [0.5, 0.6) is 5.75 Å². The summed E-state index contributed by atoms with van der Waals surface area (Å²) in [5.41, 5.74) is 0.188. The minimum Gasteiger partial charge on any atom is -0.494 e. The molecule has 0 heterocycles. The molecule has 122 valence electrons. The highest BCUT2D eigenvalue weighted by Gasteiger charge is 2.11. The summed E-state index contributed by atoms with van der Waals surface area (Å²) < 4.78 is 31.9. The third-order valence-corrected chi connectivity index (χ3v) is 4.51. The number of aromatic carboxylic acids is 1. The molecular formula is C16H17NO5S. The second-order valence-electron chi connectivity index (χ2n) is 4.74. The van der Waals surface area contributed by atoms with Gasteiger partial charge in [-0.25, -0.2) is 17.9 Å². The quantitative estimate of drug-likeness (QED) is 0.721. The fourth-order valence-electron chi connectivity index (χ4n) is 1.85. The van der Waals surface area contributed by atoms with Gasteiger partial charge in [-0.05, 0) is 42.8 Å². The monoisotopic (exact) mass is 335 g/mol. The molecule has 0 saturated carbocycles. The number of hydrogen-bond donors (Lipinski definition) is 2. The fraction of sp³-hybridized carbons (Fsp3) is 0.188. The first-order valence-corrected chi connectivity index (χ1v) is 8.48. The summed E-state index contributed by atoms with van der Waals surface area (Å²) in [7, 11) is -3.49. The van der Waals surface area contributed by atoms with E-state index in [4.69, 9.17) is 9.84 Å². The van der Waals surface area contributed by atoms with E-state index in [1.54, 1.807) is 30.3 Å². The maximum absolute atomic E-state index is 12.0. The zero-order chi connectivity index (χ0) is 16.7. The van der Waals surface area contributed by atoms with Gasteiger partial charge in [0, 0.05) is 6.54 Å². The van der Waals surface area contributed by atoms with Crippen LogP contribution in [0.25, 0.3) is 0 Å². The largest absolute Gasteiger partial charge is 0.494 e. The van der Waals surface area contributed by atoms with Crippen LogP contribution in [-0.2, 0) is 10.0 Å². The van der Waals surface area contributed by atoms with Gasteiger partial charge >= 0.3 is 5.97 Å². The molecule has 6 nitrogen and oxygen atoms in total. The molecule has 23 heavy (non-hydrogen) atoms. The van der Waals surface area contributed by atoms with Crippen molar-refractivity contribution in [3.8, 4) is 5.75 Å². The van der Waals surface area contributed by atoms with Crippen molar-refractivity contribution in [2.24, 2.45) is 0 Å². The van der Waals surface area contributed by atoms with Crippen LogP contribution in [0, 0.1) is 0 Å². The van der Waals surface area contributed by atoms with Gasteiger partial charge in [-0.15, -0.1) is 0 Å². The molecule has 0 aliphatic heterocycles. The molecule has 0 fully saturated rings. The number of nitrogens with one attached hydrogen (secondary N) is 1.